The van der Waals surface area contributed by atoms with E-state index in [0.29, 0.717) is 0 Å². The Morgan fingerprint density at radius 1 is 1.33 bits per heavy atom. The lowest BCUT2D eigenvalue weighted by Crippen LogP contribution is -2.23. The summed E-state index contributed by atoms with van der Waals surface area (Å²) in [5.74, 6) is 0.904. The lowest BCUT2D eigenvalue weighted by molar-refractivity contribution is 0.414. The Kier molecular flexibility index (Phi) is 5.51. The van der Waals surface area contributed by atoms with Crippen LogP contribution in [0.25, 0.3) is 0 Å². The second-order valence-electron chi connectivity index (χ2n) is 3.58. The van der Waals surface area contributed by atoms with E-state index in [1.807, 2.05) is 19.1 Å². The molecule has 0 radical (unpaired) electrons. The Balaban J connectivity index is 2.25. The number of benzene rings is 1. The van der Waals surface area contributed by atoms with Gasteiger partial charge in [0.1, 0.15) is 5.75 Å². The number of rotatable bonds is 6. The summed E-state index contributed by atoms with van der Waals surface area (Å²) in [6.45, 7) is 3.81. The van der Waals surface area contributed by atoms with Crippen molar-refractivity contribution in [2.75, 3.05) is 20.2 Å². The quantitative estimate of drug-likeness (QED) is 0.596. The zero-order valence-electron chi connectivity index (χ0n) is 9.29. The zero-order chi connectivity index (χ0) is 11.1. The Morgan fingerprint density at radius 2 is 2.00 bits per heavy atom. The third-order valence-electron chi connectivity index (χ3n) is 2.18. The number of hydrogen-bond donors (Lipinski definition) is 1. The maximum Gasteiger partial charge on any atom is 0.118 e. The van der Waals surface area contributed by atoms with E-state index >= 15 is 0 Å². The molecule has 15 heavy (non-hydrogen) atoms. The summed E-state index contributed by atoms with van der Waals surface area (Å²) in [6.07, 6.45) is 1.02. The van der Waals surface area contributed by atoms with Gasteiger partial charge in [-0.2, -0.15) is 0 Å². The van der Waals surface area contributed by atoms with Gasteiger partial charge in [-0.15, -0.1) is 11.6 Å². The van der Waals surface area contributed by atoms with E-state index in [2.05, 4.69) is 17.4 Å². The molecule has 1 aromatic carbocycles. The zero-order valence-corrected chi connectivity index (χ0v) is 10.1. The van der Waals surface area contributed by atoms with Crippen LogP contribution in [0.3, 0.4) is 0 Å². The summed E-state index contributed by atoms with van der Waals surface area (Å²) in [4.78, 5) is 0. The Bertz CT molecular complexity index is 271. The molecule has 1 atom stereocenters. The molecule has 2 nitrogen and oxygen atoms in total. The van der Waals surface area contributed by atoms with Gasteiger partial charge in [-0.1, -0.05) is 12.1 Å². The molecule has 0 aliphatic heterocycles. The van der Waals surface area contributed by atoms with Crippen LogP contribution in [0.4, 0.5) is 0 Å². The molecule has 0 aromatic heterocycles. The highest BCUT2D eigenvalue weighted by atomic mass is 35.5. The summed E-state index contributed by atoms with van der Waals surface area (Å²) < 4.78 is 5.09. The van der Waals surface area contributed by atoms with Gasteiger partial charge >= 0.3 is 0 Å². The van der Waals surface area contributed by atoms with Crippen LogP contribution in [0.5, 0.6) is 5.75 Å². The predicted octanol–water partition coefficient (Wildman–Crippen LogP) is 2.45. The third kappa shape index (κ3) is 5.05. The van der Waals surface area contributed by atoms with Crippen LogP contribution in [0.15, 0.2) is 24.3 Å². The first-order valence-corrected chi connectivity index (χ1v) is 5.63. The van der Waals surface area contributed by atoms with Gasteiger partial charge in [-0.05, 0) is 37.6 Å². The minimum atomic E-state index is 0.195. The number of halogens is 1. The molecule has 0 bridgehead atoms. The fraction of sp³-hybridized carbons (Fsp3) is 0.500. The van der Waals surface area contributed by atoms with E-state index in [1.54, 1.807) is 7.11 Å². The maximum atomic E-state index is 5.82. The topological polar surface area (TPSA) is 21.3 Å². The summed E-state index contributed by atoms with van der Waals surface area (Å²) in [7, 11) is 1.68. The molecule has 0 heterocycles. The average Bonchev–Trinajstić information content (AvgIpc) is 2.25. The first kappa shape index (κ1) is 12.3. The minimum Gasteiger partial charge on any atom is -0.497 e. The normalized spacial score (nSPS) is 12.5. The number of alkyl halides is 1. The minimum absolute atomic E-state index is 0.195. The van der Waals surface area contributed by atoms with Crippen molar-refractivity contribution in [3.05, 3.63) is 29.8 Å². The van der Waals surface area contributed by atoms with Crippen molar-refractivity contribution in [1.29, 1.82) is 0 Å². The Morgan fingerprint density at radius 3 is 2.53 bits per heavy atom. The second-order valence-corrected chi connectivity index (χ2v) is 4.33. The monoisotopic (exact) mass is 227 g/mol. The molecule has 0 amide bonds. The van der Waals surface area contributed by atoms with Crippen molar-refractivity contribution in [3.63, 3.8) is 0 Å². The molecule has 1 aromatic rings. The Hall–Kier alpha value is -0.730. The van der Waals surface area contributed by atoms with E-state index in [-0.39, 0.29) is 5.38 Å². The van der Waals surface area contributed by atoms with Crippen molar-refractivity contribution in [2.45, 2.75) is 18.7 Å². The van der Waals surface area contributed by atoms with Gasteiger partial charge in [-0.25, -0.2) is 0 Å². The molecule has 0 spiro atoms. The van der Waals surface area contributed by atoms with Gasteiger partial charge in [0, 0.05) is 11.9 Å². The van der Waals surface area contributed by atoms with Crippen LogP contribution in [0.2, 0.25) is 0 Å². The molecular weight excluding hydrogens is 210 g/mol. The van der Waals surface area contributed by atoms with Gasteiger partial charge in [0.25, 0.3) is 0 Å². The van der Waals surface area contributed by atoms with Crippen molar-refractivity contribution < 1.29 is 4.74 Å². The van der Waals surface area contributed by atoms with E-state index in [0.717, 1.165) is 25.3 Å². The molecule has 0 fully saturated rings. The lowest BCUT2D eigenvalue weighted by Gasteiger charge is -2.06. The molecule has 3 heteroatoms. The standard InChI is InChI=1S/C12H18ClNO/c1-10(13)9-14-8-7-11-3-5-12(15-2)6-4-11/h3-6,10,14H,7-9H2,1-2H3. The molecule has 0 aliphatic carbocycles. The van der Waals surface area contributed by atoms with E-state index < -0.39 is 0 Å². The van der Waals surface area contributed by atoms with Gasteiger partial charge < -0.3 is 10.1 Å². The highest BCUT2D eigenvalue weighted by molar-refractivity contribution is 6.20. The van der Waals surface area contributed by atoms with Gasteiger partial charge in [-0.3, -0.25) is 0 Å². The third-order valence-corrected chi connectivity index (χ3v) is 2.33. The molecule has 1 N–H and O–H groups in total. The lowest BCUT2D eigenvalue weighted by atomic mass is 10.1. The maximum absolute atomic E-state index is 5.82. The van der Waals surface area contributed by atoms with Crippen LogP contribution >= 0.6 is 11.6 Å². The van der Waals surface area contributed by atoms with Crippen LogP contribution in [0, 0.1) is 0 Å². The summed E-state index contributed by atoms with van der Waals surface area (Å²) in [5, 5.41) is 3.49. The summed E-state index contributed by atoms with van der Waals surface area (Å²) in [5.41, 5.74) is 1.31. The molecule has 0 saturated heterocycles. The molecule has 1 unspecified atom stereocenters. The predicted molar refractivity (Wildman–Crippen MR) is 64.9 cm³/mol. The van der Waals surface area contributed by atoms with Crippen LogP contribution < -0.4 is 10.1 Å². The van der Waals surface area contributed by atoms with Crippen LogP contribution in [-0.4, -0.2) is 25.6 Å². The number of nitrogens with one attached hydrogen (secondary N) is 1. The molecule has 0 aliphatic rings. The molecule has 84 valence electrons. The number of ether oxygens (including phenoxy) is 1. The van der Waals surface area contributed by atoms with Crippen molar-refractivity contribution in [1.82, 2.24) is 5.32 Å². The first-order chi connectivity index (χ1) is 7.22. The van der Waals surface area contributed by atoms with Gasteiger partial charge in [0.05, 0.1) is 7.11 Å². The van der Waals surface area contributed by atoms with E-state index in [9.17, 15) is 0 Å². The summed E-state index contributed by atoms with van der Waals surface area (Å²) in [6, 6.07) is 8.15. The highest BCUT2D eigenvalue weighted by Crippen LogP contribution is 2.11. The smallest absolute Gasteiger partial charge is 0.118 e. The summed E-state index contributed by atoms with van der Waals surface area (Å²) >= 11 is 5.82. The van der Waals surface area contributed by atoms with Crippen LogP contribution in [0.1, 0.15) is 12.5 Å². The largest absolute Gasteiger partial charge is 0.497 e. The first-order valence-electron chi connectivity index (χ1n) is 5.20. The van der Waals surface area contributed by atoms with Crippen LogP contribution in [-0.2, 0) is 6.42 Å². The average molecular weight is 228 g/mol. The molecule has 1 rings (SSSR count). The van der Waals surface area contributed by atoms with Crippen molar-refractivity contribution in [3.8, 4) is 5.75 Å². The molecule has 0 saturated carbocycles. The highest BCUT2D eigenvalue weighted by Gasteiger charge is 1.96. The van der Waals surface area contributed by atoms with Crippen molar-refractivity contribution in [2.24, 2.45) is 0 Å². The van der Waals surface area contributed by atoms with E-state index in [1.165, 1.54) is 5.56 Å². The Labute approximate surface area is 96.6 Å². The fourth-order valence-electron chi connectivity index (χ4n) is 1.33. The fourth-order valence-corrected chi connectivity index (χ4v) is 1.43. The second kappa shape index (κ2) is 6.70. The number of methoxy groups -OCH3 is 1. The van der Waals surface area contributed by atoms with Crippen molar-refractivity contribution >= 4 is 11.6 Å². The van der Waals surface area contributed by atoms with Gasteiger partial charge in [0.15, 0.2) is 0 Å². The van der Waals surface area contributed by atoms with E-state index in [4.69, 9.17) is 16.3 Å². The molecular formula is C12H18ClNO. The van der Waals surface area contributed by atoms with Gasteiger partial charge in [0.2, 0.25) is 0 Å². The SMILES string of the molecule is COc1ccc(CCNCC(C)Cl)cc1. The number of hydrogen-bond acceptors (Lipinski definition) is 2.